The number of hydrogen-bond donors (Lipinski definition) is 1. The summed E-state index contributed by atoms with van der Waals surface area (Å²) in [7, 11) is 0. The minimum Gasteiger partial charge on any atom is -0.356 e. The van der Waals surface area contributed by atoms with Gasteiger partial charge >= 0.3 is 0 Å². The van der Waals surface area contributed by atoms with Gasteiger partial charge in [-0.1, -0.05) is 22.9 Å². The van der Waals surface area contributed by atoms with Crippen molar-refractivity contribution in [2.75, 3.05) is 23.3 Å². The highest BCUT2D eigenvalue weighted by Gasteiger charge is 2.24. The number of thiophene rings is 1. The van der Waals surface area contributed by atoms with Gasteiger partial charge in [0.1, 0.15) is 17.0 Å². The van der Waals surface area contributed by atoms with Crippen molar-refractivity contribution in [1.29, 1.82) is 0 Å². The van der Waals surface area contributed by atoms with E-state index in [9.17, 15) is 4.79 Å². The molecule has 1 fully saturated rings. The maximum atomic E-state index is 13.0. The summed E-state index contributed by atoms with van der Waals surface area (Å²) >= 11 is 4.90. The standard InChI is InChI=1S/C21H23BrN4OS/c1-12-6-8-26(9-7-12)19-17-14(3)18(28-21(17)24-11-23-19)20(27)25-16-5-4-15(22)10-13(16)2/h4-5,10-12H,6-9H2,1-3H3,(H,25,27). The maximum absolute atomic E-state index is 13.0. The van der Waals surface area contributed by atoms with E-state index in [0.717, 1.165) is 56.3 Å². The number of anilines is 2. The van der Waals surface area contributed by atoms with Gasteiger partial charge in [0.25, 0.3) is 5.91 Å². The summed E-state index contributed by atoms with van der Waals surface area (Å²) < 4.78 is 0.997. The first-order chi connectivity index (χ1) is 13.4. The van der Waals surface area contributed by atoms with Crippen molar-refractivity contribution >= 4 is 54.9 Å². The van der Waals surface area contributed by atoms with Gasteiger partial charge in [-0.15, -0.1) is 11.3 Å². The lowest BCUT2D eigenvalue weighted by Gasteiger charge is -2.31. The Bertz CT molecular complexity index is 1040. The highest BCUT2D eigenvalue weighted by atomic mass is 79.9. The molecule has 2 aromatic heterocycles. The van der Waals surface area contributed by atoms with Crippen molar-refractivity contribution < 1.29 is 4.79 Å². The van der Waals surface area contributed by atoms with E-state index in [1.165, 1.54) is 24.2 Å². The summed E-state index contributed by atoms with van der Waals surface area (Å²) in [6.45, 7) is 8.29. The minimum atomic E-state index is -0.0934. The number of nitrogens with one attached hydrogen (secondary N) is 1. The van der Waals surface area contributed by atoms with Crippen molar-refractivity contribution in [3.05, 3.63) is 45.0 Å². The number of hydrogen-bond acceptors (Lipinski definition) is 5. The molecule has 0 unspecified atom stereocenters. The van der Waals surface area contributed by atoms with Gasteiger partial charge in [-0.2, -0.15) is 0 Å². The number of piperidine rings is 1. The molecule has 4 rings (SSSR count). The Labute approximate surface area is 177 Å². The molecule has 146 valence electrons. The third-order valence-corrected chi connectivity index (χ3v) is 7.12. The fourth-order valence-electron chi connectivity index (χ4n) is 3.68. The van der Waals surface area contributed by atoms with E-state index < -0.39 is 0 Å². The van der Waals surface area contributed by atoms with Crippen LogP contribution in [0.2, 0.25) is 0 Å². The number of amides is 1. The van der Waals surface area contributed by atoms with Gasteiger partial charge in [0.05, 0.1) is 10.3 Å². The van der Waals surface area contributed by atoms with E-state index >= 15 is 0 Å². The minimum absolute atomic E-state index is 0.0934. The fourth-order valence-corrected chi connectivity index (χ4v) is 5.19. The highest BCUT2D eigenvalue weighted by molar-refractivity contribution is 9.10. The second-order valence-electron chi connectivity index (χ2n) is 7.52. The molecule has 1 aliphatic heterocycles. The molecule has 1 amide bonds. The second-order valence-corrected chi connectivity index (χ2v) is 9.43. The number of fused-ring (bicyclic) bond motifs is 1. The SMILES string of the molecule is Cc1cc(Br)ccc1NC(=O)c1sc2ncnc(N3CCC(C)CC3)c2c1C. The quantitative estimate of drug-likeness (QED) is 0.557. The number of carbonyl (C=O) groups excluding carboxylic acids is 1. The molecule has 0 spiro atoms. The third-order valence-electron chi connectivity index (χ3n) is 5.43. The molecule has 0 atom stereocenters. The Kier molecular flexibility index (Phi) is 5.38. The van der Waals surface area contributed by atoms with Crippen LogP contribution >= 0.6 is 27.3 Å². The normalized spacial score (nSPS) is 15.2. The smallest absolute Gasteiger partial charge is 0.266 e. The van der Waals surface area contributed by atoms with Crippen LogP contribution in [0.5, 0.6) is 0 Å². The second kappa shape index (κ2) is 7.79. The Morgan fingerprint density at radius 1 is 1.25 bits per heavy atom. The third kappa shape index (κ3) is 3.65. The summed E-state index contributed by atoms with van der Waals surface area (Å²) in [4.78, 5) is 25.9. The van der Waals surface area contributed by atoms with E-state index in [2.05, 4.69) is 43.0 Å². The molecule has 1 N–H and O–H groups in total. The number of halogens is 1. The van der Waals surface area contributed by atoms with Crippen LogP contribution in [0.3, 0.4) is 0 Å². The number of rotatable bonds is 3. The average Bonchev–Trinajstić information content (AvgIpc) is 3.02. The van der Waals surface area contributed by atoms with E-state index in [-0.39, 0.29) is 5.91 Å². The Morgan fingerprint density at radius 3 is 2.71 bits per heavy atom. The molecule has 1 saturated heterocycles. The summed E-state index contributed by atoms with van der Waals surface area (Å²) in [5.74, 6) is 1.63. The van der Waals surface area contributed by atoms with E-state index in [0.29, 0.717) is 4.88 Å². The molecule has 5 nitrogen and oxygen atoms in total. The molecule has 28 heavy (non-hydrogen) atoms. The summed E-state index contributed by atoms with van der Waals surface area (Å²) in [6, 6.07) is 5.84. The zero-order valence-electron chi connectivity index (χ0n) is 16.3. The van der Waals surface area contributed by atoms with Crippen LogP contribution in [-0.4, -0.2) is 29.0 Å². The summed E-state index contributed by atoms with van der Waals surface area (Å²) in [6.07, 6.45) is 3.96. The largest absolute Gasteiger partial charge is 0.356 e. The number of benzene rings is 1. The van der Waals surface area contributed by atoms with Crippen molar-refractivity contribution in [3.63, 3.8) is 0 Å². The van der Waals surface area contributed by atoms with Crippen molar-refractivity contribution in [3.8, 4) is 0 Å². The molecule has 1 aromatic carbocycles. The van der Waals surface area contributed by atoms with Gasteiger partial charge in [-0.05, 0) is 61.9 Å². The molecule has 7 heteroatoms. The zero-order valence-corrected chi connectivity index (χ0v) is 18.7. The van der Waals surface area contributed by atoms with E-state index in [1.54, 1.807) is 6.33 Å². The number of carbonyl (C=O) groups is 1. The van der Waals surface area contributed by atoms with E-state index in [1.807, 2.05) is 32.0 Å². The maximum Gasteiger partial charge on any atom is 0.266 e. The summed E-state index contributed by atoms with van der Waals surface area (Å²) in [5, 5.41) is 4.06. The Morgan fingerprint density at radius 2 is 2.00 bits per heavy atom. The first kappa shape index (κ1) is 19.3. The summed E-state index contributed by atoms with van der Waals surface area (Å²) in [5.41, 5.74) is 2.80. The average molecular weight is 459 g/mol. The first-order valence-electron chi connectivity index (χ1n) is 9.50. The van der Waals surface area contributed by atoms with Gasteiger partial charge in [0.2, 0.25) is 0 Å². The van der Waals surface area contributed by atoms with Gasteiger partial charge < -0.3 is 10.2 Å². The number of aromatic nitrogens is 2. The molecule has 1 aliphatic rings. The van der Waals surface area contributed by atoms with Crippen molar-refractivity contribution in [2.45, 2.75) is 33.6 Å². The van der Waals surface area contributed by atoms with Crippen LogP contribution in [0.15, 0.2) is 29.0 Å². The van der Waals surface area contributed by atoms with Gasteiger partial charge in [0, 0.05) is 23.2 Å². The van der Waals surface area contributed by atoms with Crippen LogP contribution in [0.1, 0.15) is 40.6 Å². The Hall–Kier alpha value is -1.99. The van der Waals surface area contributed by atoms with Crippen molar-refractivity contribution in [2.24, 2.45) is 5.92 Å². The first-order valence-corrected chi connectivity index (χ1v) is 11.1. The molecule has 0 radical (unpaired) electrons. The van der Waals surface area contributed by atoms with Crippen molar-refractivity contribution in [1.82, 2.24) is 9.97 Å². The van der Waals surface area contributed by atoms with Crippen LogP contribution in [0.4, 0.5) is 11.5 Å². The van der Waals surface area contributed by atoms with Crippen LogP contribution < -0.4 is 10.2 Å². The van der Waals surface area contributed by atoms with Crippen LogP contribution in [-0.2, 0) is 0 Å². The molecule has 0 bridgehead atoms. The molecular formula is C21H23BrN4OS. The molecular weight excluding hydrogens is 436 g/mol. The molecule has 3 aromatic rings. The lowest BCUT2D eigenvalue weighted by Crippen LogP contribution is -2.33. The van der Waals surface area contributed by atoms with Gasteiger partial charge in [-0.25, -0.2) is 9.97 Å². The predicted octanol–water partition coefficient (Wildman–Crippen LogP) is 5.56. The van der Waals surface area contributed by atoms with E-state index in [4.69, 9.17) is 0 Å². The zero-order chi connectivity index (χ0) is 19.8. The van der Waals surface area contributed by atoms with Crippen LogP contribution in [0, 0.1) is 19.8 Å². The topological polar surface area (TPSA) is 58.1 Å². The van der Waals surface area contributed by atoms with Gasteiger partial charge in [-0.3, -0.25) is 4.79 Å². The fraction of sp³-hybridized carbons (Fsp3) is 0.381. The van der Waals surface area contributed by atoms with Gasteiger partial charge in [0.15, 0.2) is 0 Å². The molecule has 0 saturated carbocycles. The lowest BCUT2D eigenvalue weighted by atomic mass is 9.99. The molecule has 3 heterocycles. The monoisotopic (exact) mass is 458 g/mol. The van der Waals surface area contributed by atoms with Crippen LogP contribution in [0.25, 0.3) is 10.2 Å². The molecule has 0 aliphatic carbocycles. The lowest BCUT2D eigenvalue weighted by molar-refractivity contribution is 0.103. The Balaban J connectivity index is 1.68. The predicted molar refractivity (Wildman–Crippen MR) is 120 cm³/mol. The number of aryl methyl sites for hydroxylation is 2. The number of nitrogens with zero attached hydrogens (tertiary/aromatic N) is 3. The highest BCUT2D eigenvalue weighted by Crippen LogP contribution is 2.36.